The molecule has 27 heavy (non-hydrogen) atoms. The summed E-state index contributed by atoms with van der Waals surface area (Å²) in [6.45, 7) is 26.0. The highest BCUT2D eigenvalue weighted by molar-refractivity contribution is 7.07. The topological polar surface area (TPSA) is 0 Å². The molecular formula is C26H50S. The summed E-state index contributed by atoms with van der Waals surface area (Å²) in [4.78, 5) is 0. The van der Waals surface area contributed by atoms with E-state index in [1.807, 2.05) is 59.3 Å². The van der Waals surface area contributed by atoms with E-state index in [2.05, 4.69) is 83.1 Å². The Hall–Kier alpha value is -1.08. The van der Waals surface area contributed by atoms with E-state index in [1.165, 1.54) is 0 Å². The van der Waals surface area contributed by atoms with Crippen molar-refractivity contribution < 1.29 is 0 Å². The third-order valence-corrected chi connectivity index (χ3v) is 1.72. The summed E-state index contributed by atoms with van der Waals surface area (Å²) in [6, 6.07) is 16.0. The van der Waals surface area contributed by atoms with Gasteiger partial charge in [-0.2, -0.15) is 11.3 Å². The Labute approximate surface area is 177 Å². The van der Waals surface area contributed by atoms with Gasteiger partial charge >= 0.3 is 0 Å². The van der Waals surface area contributed by atoms with Crippen molar-refractivity contribution in [1.82, 2.24) is 0 Å². The lowest BCUT2D eigenvalue weighted by Gasteiger charge is -1.79. The quantitative estimate of drug-likeness (QED) is 0.417. The molecule has 0 aliphatic carbocycles. The van der Waals surface area contributed by atoms with Gasteiger partial charge in [-0.15, -0.1) is 0 Å². The zero-order valence-corrected chi connectivity index (χ0v) is 21.3. The summed E-state index contributed by atoms with van der Waals surface area (Å²) in [5, 5.41) is 4.08. The fourth-order valence-electron chi connectivity index (χ4n) is 0.612. The second-order valence-corrected chi connectivity index (χ2v) is 9.69. The molecule has 160 valence electrons. The van der Waals surface area contributed by atoms with Crippen LogP contribution in [0.4, 0.5) is 0 Å². The normalized spacial score (nSPS) is 8.59. The largest absolute Gasteiger partial charge is 0.152 e. The van der Waals surface area contributed by atoms with Gasteiger partial charge in [0.05, 0.1) is 0 Å². The first-order chi connectivity index (χ1) is 12.4. The summed E-state index contributed by atoms with van der Waals surface area (Å²) in [5.41, 5.74) is 0. The summed E-state index contributed by atoms with van der Waals surface area (Å²) in [5.74, 6) is 3.33. The lowest BCUT2D eigenvalue weighted by atomic mass is 10.3. The Balaban J connectivity index is -0.000000119. The molecule has 1 aromatic heterocycles. The maximum absolute atomic E-state index is 2.17. The molecule has 0 bridgehead atoms. The Morgan fingerprint density at radius 1 is 0.333 bits per heavy atom. The number of hydrogen-bond acceptors (Lipinski definition) is 1. The van der Waals surface area contributed by atoms with Crippen LogP contribution in [0.1, 0.15) is 83.1 Å². The molecule has 0 saturated carbocycles. The van der Waals surface area contributed by atoms with Crippen molar-refractivity contribution in [3.63, 3.8) is 0 Å². The van der Waals surface area contributed by atoms with E-state index in [0.717, 1.165) is 23.7 Å². The average Bonchev–Trinajstić information content (AvgIpc) is 3.06. The molecule has 1 aromatic carbocycles. The summed E-state index contributed by atoms with van der Waals surface area (Å²) >= 11 is 1.71. The molecule has 0 nitrogen and oxygen atoms in total. The lowest BCUT2D eigenvalue weighted by molar-refractivity contribution is 0.736. The number of rotatable bonds is 0. The Morgan fingerprint density at radius 3 is 0.556 bits per heavy atom. The molecule has 0 atom stereocenters. The molecule has 0 fully saturated rings. The molecule has 0 radical (unpaired) electrons. The van der Waals surface area contributed by atoms with Crippen LogP contribution in [0.5, 0.6) is 0 Å². The molecule has 0 saturated heterocycles. The predicted octanol–water partition coefficient (Wildman–Crippen LogP) is 10.1. The second-order valence-electron chi connectivity index (χ2n) is 8.88. The monoisotopic (exact) mass is 394 g/mol. The van der Waals surface area contributed by atoms with Crippen LogP contribution in [0.3, 0.4) is 0 Å². The van der Waals surface area contributed by atoms with Crippen LogP contribution in [0.25, 0.3) is 0 Å². The lowest BCUT2D eigenvalue weighted by Crippen LogP contribution is -1.66. The van der Waals surface area contributed by atoms with Crippen molar-refractivity contribution in [3.05, 3.63) is 59.3 Å². The molecule has 0 amide bonds. The predicted molar refractivity (Wildman–Crippen MR) is 133 cm³/mol. The van der Waals surface area contributed by atoms with Crippen LogP contribution in [-0.2, 0) is 0 Å². The van der Waals surface area contributed by atoms with E-state index in [-0.39, 0.29) is 0 Å². The highest BCUT2D eigenvalue weighted by Gasteiger charge is 1.69. The van der Waals surface area contributed by atoms with Gasteiger partial charge in [-0.1, -0.05) is 132 Å². The minimum atomic E-state index is 0.833. The van der Waals surface area contributed by atoms with Gasteiger partial charge in [0.25, 0.3) is 0 Å². The minimum absolute atomic E-state index is 0.833. The maximum atomic E-state index is 2.17. The highest BCUT2D eigenvalue weighted by atomic mass is 32.1. The first-order valence-electron chi connectivity index (χ1n) is 10.4. The van der Waals surface area contributed by atoms with Crippen molar-refractivity contribution in [2.75, 3.05) is 0 Å². The fraction of sp³-hybridized carbons (Fsp3) is 0.615. The average molecular weight is 395 g/mol. The van der Waals surface area contributed by atoms with Crippen LogP contribution in [0.15, 0.2) is 59.3 Å². The number of thiophene rings is 1. The number of benzene rings is 1. The van der Waals surface area contributed by atoms with Crippen molar-refractivity contribution in [3.8, 4) is 0 Å². The first-order valence-corrected chi connectivity index (χ1v) is 11.3. The molecule has 0 unspecified atom stereocenters. The summed E-state index contributed by atoms with van der Waals surface area (Å²) in [6.07, 6.45) is 0. The van der Waals surface area contributed by atoms with Crippen LogP contribution in [-0.4, -0.2) is 0 Å². The standard InChI is InChI=1S/C6H6.C4H4S.4C4H10/c1-2-4-6-5-3-1;1-2-4-5-3-1;4*1-4(2)3/h1-6H;1-4H;4*4H,1-3H3. The summed E-state index contributed by atoms with van der Waals surface area (Å²) in [7, 11) is 0. The minimum Gasteiger partial charge on any atom is -0.152 e. The van der Waals surface area contributed by atoms with Gasteiger partial charge in [0.1, 0.15) is 0 Å². The molecule has 0 spiro atoms. The molecule has 2 aromatic rings. The van der Waals surface area contributed by atoms with Crippen molar-refractivity contribution in [2.24, 2.45) is 23.7 Å². The molecule has 0 aliphatic rings. The van der Waals surface area contributed by atoms with Crippen molar-refractivity contribution in [1.29, 1.82) is 0 Å². The van der Waals surface area contributed by atoms with Gasteiger partial charge in [0.2, 0.25) is 0 Å². The highest BCUT2D eigenvalue weighted by Crippen LogP contribution is 1.91. The molecular weight excluding hydrogens is 344 g/mol. The van der Waals surface area contributed by atoms with Gasteiger partial charge in [-0.3, -0.25) is 0 Å². The van der Waals surface area contributed by atoms with E-state index in [4.69, 9.17) is 0 Å². The second kappa shape index (κ2) is 29.7. The third kappa shape index (κ3) is 133. The fourth-order valence-corrected chi connectivity index (χ4v) is 1.07. The van der Waals surface area contributed by atoms with Crippen molar-refractivity contribution >= 4 is 11.3 Å². The maximum Gasteiger partial charge on any atom is -0.00934 e. The van der Waals surface area contributed by atoms with E-state index >= 15 is 0 Å². The van der Waals surface area contributed by atoms with Gasteiger partial charge in [-0.05, 0) is 34.4 Å². The SMILES string of the molecule is CC(C)C.CC(C)C.CC(C)C.CC(C)C.c1ccccc1.c1ccsc1. The van der Waals surface area contributed by atoms with Crippen LogP contribution < -0.4 is 0 Å². The molecule has 0 N–H and O–H groups in total. The Kier molecular flexibility index (Phi) is 36.8. The number of hydrogen-bond donors (Lipinski definition) is 0. The van der Waals surface area contributed by atoms with Crippen LogP contribution in [0, 0.1) is 23.7 Å². The third-order valence-electron chi connectivity index (χ3n) is 1.09. The molecule has 2 rings (SSSR count). The molecule has 1 heteroatoms. The van der Waals surface area contributed by atoms with Crippen molar-refractivity contribution in [2.45, 2.75) is 83.1 Å². The zero-order valence-electron chi connectivity index (χ0n) is 20.5. The van der Waals surface area contributed by atoms with Gasteiger partial charge in [0.15, 0.2) is 0 Å². The molecule has 1 heterocycles. The smallest absolute Gasteiger partial charge is 0.00934 e. The Morgan fingerprint density at radius 2 is 0.481 bits per heavy atom. The van der Waals surface area contributed by atoms with E-state index in [0.29, 0.717) is 0 Å². The van der Waals surface area contributed by atoms with E-state index < -0.39 is 0 Å². The van der Waals surface area contributed by atoms with Gasteiger partial charge in [0, 0.05) is 0 Å². The van der Waals surface area contributed by atoms with E-state index in [9.17, 15) is 0 Å². The van der Waals surface area contributed by atoms with Crippen LogP contribution in [0.2, 0.25) is 0 Å². The van der Waals surface area contributed by atoms with E-state index in [1.54, 1.807) is 11.3 Å². The Bertz CT molecular complexity index is 306. The summed E-state index contributed by atoms with van der Waals surface area (Å²) < 4.78 is 0. The zero-order chi connectivity index (χ0) is 22.1. The first kappa shape index (κ1) is 33.5. The molecule has 0 aliphatic heterocycles. The van der Waals surface area contributed by atoms with Gasteiger partial charge < -0.3 is 0 Å². The van der Waals surface area contributed by atoms with Gasteiger partial charge in [-0.25, -0.2) is 0 Å². The van der Waals surface area contributed by atoms with Crippen LogP contribution >= 0.6 is 11.3 Å².